The summed E-state index contributed by atoms with van der Waals surface area (Å²) in [5.74, 6) is 0.910. The van der Waals surface area contributed by atoms with Crippen molar-refractivity contribution in [3.05, 3.63) is 23.7 Å². The highest BCUT2D eigenvalue weighted by Crippen LogP contribution is 2.10. The van der Waals surface area contributed by atoms with Crippen molar-refractivity contribution in [3.8, 4) is 0 Å². The van der Waals surface area contributed by atoms with Crippen LogP contribution in [0, 0.1) is 6.92 Å². The van der Waals surface area contributed by atoms with Gasteiger partial charge in [-0.3, -0.25) is 0 Å². The second kappa shape index (κ2) is 3.38. The van der Waals surface area contributed by atoms with E-state index in [1.165, 1.54) is 0 Å². The van der Waals surface area contributed by atoms with Gasteiger partial charge in [0.25, 0.3) is 0 Å². The summed E-state index contributed by atoms with van der Waals surface area (Å²) < 4.78 is 0. The molecule has 0 radical (unpaired) electrons. The highest BCUT2D eigenvalue weighted by atomic mass is 15.0. The van der Waals surface area contributed by atoms with Gasteiger partial charge in [-0.05, 0) is 25.5 Å². The molecule has 1 unspecified atom stereocenters. The first-order valence-electron chi connectivity index (χ1n) is 4.72. The molecule has 0 aliphatic heterocycles. The van der Waals surface area contributed by atoms with E-state index in [1.54, 1.807) is 0 Å². The van der Waals surface area contributed by atoms with Gasteiger partial charge in [-0.2, -0.15) is 0 Å². The Morgan fingerprint density at radius 3 is 3.07 bits per heavy atom. The molecule has 0 aliphatic rings. The average molecular weight is 190 g/mol. The third kappa shape index (κ3) is 1.75. The topological polar surface area (TPSA) is 67.6 Å². The summed E-state index contributed by atoms with van der Waals surface area (Å²) in [4.78, 5) is 11.8. The van der Waals surface area contributed by atoms with Gasteiger partial charge in [0.15, 0.2) is 5.65 Å². The van der Waals surface area contributed by atoms with Crippen molar-refractivity contribution in [2.24, 2.45) is 5.73 Å². The van der Waals surface area contributed by atoms with E-state index in [1.807, 2.05) is 26.1 Å². The summed E-state index contributed by atoms with van der Waals surface area (Å²) in [5.41, 5.74) is 8.59. The second-order valence-corrected chi connectivity index (χ2v) is 3.75. The van der Waals surface area contributed by atoms with Crippen molar-refractivity contribution in [1.82, 2.24) is 15.0 Å². The fraction of sp³-hybridized carbons (Fsp3) is 0.400. The van der Waals surface area contributed by atoms with Gasteiger partial charge in [0, 0.05) is 18.7 Å². The van der Waals surface area contributed by atoms with Crippen LogP contribution < -0.4 is 5.73 Å². The average Bonchev–Trinajstić information content (AvgIpc) is 2.44. The molecule has 0 spiro atoms. The number of pyridine rings is 1. The number of aromatic nitrogens is 3. The van der Waals surface area contributed by atoms with Gasteiger partial charge in [0.2, 0.25) is 0 Å². The summed E-state index contributed by atoms with van der Waals surface area (Å²) in [6.07, 6.45) is 2.58. The minimum absolute atomic E-state index is 0.122. The van der Waals surface area contributed by atoms with Crippen LogP contribution in [-0.4, -0.2) is 21.0 Å². The van der Waals surface area contributed by atoms with Crippen molar-refractivity contribution in [2.45, 2.75) is 26.3 Å². The number of H-pyrrole nitrogens is 1. The van der Waals surface area contributed by atoms with Gasteiger partial charge in [0.1, 0.15) is 5.82 Å². The largest absolute Gasteiger partial charge is 0.341 e. The molecule has 0 saturated carbocycles. The SMILES string of the molecule is Cc1cnc2nc(CC(C)N)[nH]c2c1. The molecule has 0 aromatic carbocycles. The molecule has 4 nitrogen and oxygen atoms in total. The minimum Gasteiger partial charge on any atom is -0.341 e. The lowest BCUT2D eigenvalue weighted by atomic mass is 10.2. The van der Waals surface area contributed by atoms with Gasteiger partial charge < -0.3 is 10.7 Å². The molecule has 0 saturated heterocycles. The van der Waals surface area contributed by atoms with Crippen LogP contribution >= 0.6 is 0 Å². The fourth-order valence-electron chi connectivity index (χ4n) is 1.46. The molecule has 4 heteroatoms. The van der Waals surface area contributed by atoms with Gasteiger partial charge in [0.05, 0.1) is 5.52 Å². The molecule has 14 heavy (non-hydrogen) atoms. The maximum absolute atomic E-state index is 5.70. The van der Waals surface area contributed by atoms with E-state index in [2.05, 4.69) is 15.0 Å². The monoisotopic (exact) mass is 190 g/mol. The first-order chi connectivity index (χ1) is 6.65. The number of aromatic amines is 1. The van der Waals surface area contributed by atoms with Gasteiger partial charge in [-0.25, -0.2) is 9.97 Å². The smallest absolute Gasteiger partial charge is 0.177 e. The Hall–Kier alpha value is -1.42. The van der Waals surface area contributed by atoms with E-state index in [0.29, 0.717) is 0 Å². The van der Waals surface area contributed by atoms with Crippen LogP contribution in [0.15, 0.2) is 12.3 Å². The van der Waals surface area contributed by atoms with E-state index in [-0.39, 0.29) is 6.04 Å². The van der Waals surface area contributed by atoms with Crippen LogP contribution in [0.3, 0.4) is 0 Å². The van der Waals surface area contributed by atoms with Crippen LogP contribution in [0.2, 0.25) is 0 Å². The first-order valence-corrected chi connectivity index (χ1v) is 4.72. The van der Waals surface area contributed by atoms with Gasteiger partial charge in [-0.1, -0.05) is 0 Å². The molecule has 0 bridgehead atoms. The number of aryl methyl sites for hydroxylation is 1. The Morgan fingerprint density at radius 1 is 1.57 bits per heavy atom. The Labute approximate surface area is 82.6 Å². The fourth-order valence-corrected chi connectivity index (χ4v) is 1.46. The van der Waals surface area contributed by atoms with E-state index in [9.17, 15) is 0 Å². The number of nitrogens with two attached hydrogens (primary N) is 1. The highest BCUT2D eigenvalue weighted by molar-refractivity contribution is 5.70. The van der Waals surface area contributed by atoms with Crippen molar-refractivity contribution < 1.29 is 0 Å². The molecular formula is C10H14N4. The standard InChI is InChI=1S/C10H14N4/c1-6-3-8-10(12-5-6)14-9(13-8)4-7(2)11/h3,5,7H,4,11H2,1-2H3,(H,12,13,14). The highest BCUT2D eigenvalue weighted by Gasteiger charge is 2.05. The van der Waals surface area contributed by atoms with Crippen molar-refractivity contribution in [1.29, 1.82) is 0 Å². The van der Waals surface area contributed by atoms with Gasteiger partial charge in [-0.15, -0.1) is 0 Å². The molecule has 1 atom stereocenters. The quantitative estimate of drug-likeness (QED) is 0.746. The van der Waals surface area contributed by atoms with E-state index in [4.69, 9.17) is 5.73 Å². The molecule has 2 heterocycles. The summed E-state index contributed by atoms with van der Waals surface area (Å²) in [6, 6.07) is 2.16. The number of rotatable bonds is 2. The third-order valence-electron chi connectivity index (χ3n) is 2.04. The summed E-state index contributed by atoms with van der Waals surface area (Å²) in [6.45, 7) is 3.98. The predicted octanol–water partition coefficient (Wildman–Crippen LogP) is 1.16. The van der Waals surface area contributed by atoms with Crippen LogP contribution in [-0.2, 0) is 6.42 Å². The Morgan fingerprint density at radius 2 is 2.36 bits per heavy atom. The van der Waals surface area contributed by atoms with Gasteiger partial charge >= 0.3 is 0 Å². The van der Waals surface area contributed by atoms with Crippen molar-refractivity contribution in [3.63, 3.8) is 0 Å². The van der Waals surface area contributed by atoms with E-state index in [0.717, 1.165) is 29.0 Å². The summed E-state index contributed by atoms with van der Waals surface area (Å²) in [7, 11) is 0. The van der Waals surface area contributed by atoms with Crippen LogP contribution in [0.1, 0.15) is 18.3 Å². The summed E-state index contributed by atoms with van der Waals surface area (Å²) in [5, 5.41) is 0. The number of nitrogens with one attached hydrogen (secondary N) is 1. The van der Waals surface area contributed by atoms with E-state index >= 15 is 0 Å². The normalized spacial score (nSPS) is 13.4. The lowest BCUT2D eigenvalue weighted by molar-refractivity contribution is 0.711. The molecule has 0 fully saturated rings. The number of hydrogen-bond donors (Lipinski definition) is 2. The lowest BCUT2D eigenvalue weighted by Crippen LogP contribution is -2.18. The molecule has 0 amide bonds. The number of fused-ring (bicyclic) bond motifs is 1. The molecule has 2 rings (SSSR count). The first kappa shape index (κ1) is 9.15. The lowest BCUT2D eigenvalue weighted by Gasteiger charge is -1.98. The zero-order valence-corrected chi connectivity index (χ0v) is 8.41. The molecular weight excluding hydrogens is 176 g/mol. The number of hydrogen-bond acceptors (Lipinski definition) is 3. The maximum atomic E-state index is 5.70. The predicted molar refractivity (Wildman–Crippen MR) is 56.0 cm³/mol. The van der Waals surface area contributed by atoms with Crippen LogP contribution in [0.4, 0.5) is 0 Å². The Bertz CT molecular complexity index is 444. The molecule has 2 aromatic heterocycles. The molecule has 2 aromatic rings. The van der Waals surface area contributed by atoms with Crippen LogP contribution in [0.5, 0.6) is 0 Å². The molecule has 3 N–H and O–H groups in total. The Balaban J connectivity index is 2.41. The molecule has 0 aliphatic carbocycles. The molecule has 74 valence electrons. The minimum atomic E-state index is 0.122. The maximum Gasteiger partial charge on any atom is 0.177 e. The second-order valence-electron chi connectivity index (χ2n) is 3.75. The van der Waals surface area contributed by atoms with E-state index < -0.39 is 0 Å². The zero-order chi connectivity index (χ0) is 10.1. The Kier molecular flexibility index (Phi) is 2.21. The number of imidazole rings is 1. The van der Waals surface area contributed by atoms with Crippen LogP contribution in [0.25, 0.3) is 11.2 Å². The van der Waals surface area contributed by atoms with Crippen molar-refractivity contribution in [2.75, 3.05) is 0 Å². The number of nitrogens with zero attached hydrogens (tertiary/aromatic N) is 2. The third-order valence-corrected chi connectivity index (χ3v) is 2.04. The zero-order valence-electron chi connectivity index (χ0n) is 8.41. The van der Waals surface area contributed by atoms with Crippen molar-refractivity contribution >= 4 is 11.2 Å². The summed E-state index contributed by atoms with van der Waals surface area (Å²) >= 11 is 0.